The summed E-state index contributed by atoms with van der Waals surface area (Å²) in [5.74, 6) is 4.21. The lowest BCUT2D eigenvalue weighted by Gasteiger charge is -2.30. The van der Waals surface area contributed by atoms with Crippen molar-refractivity contribution in [1.29, 1.82) is 0 Å². The molecular formula is C30H29F3N8O2. The summed E-state index contributed by atoms with van der Waals surface area (Å²) in [6.07, 6.45) is 3.14. The number of nitrogens with zero attached hydrogens (tertiary/aromatic N) is 5. The zero-order valence-corrected chi connectivity index (χ0v) is 23.3. The number of amides is 2. The van der Waals surface area contributed by atoms with Crippen LogP contribution < -0.4 is 16.4 Å². The maximum absolute atomic E-state index is 13.0. The SMILES string of the molecule is CC#CC(=O)NCCCC1(n2nc(-c3ccc(C(=O)Nc4cc(C(F)(F)F)ccn4)cc3)c3c(N)ncnc32)CCCC1. The molecule has 0 spiro atoms. The molecule has 0 aliphatic heterocycles. The third-order valence-corrected chi connectivity index (χ3v) is 7.57. The number of halogens is 3. The number of carbonyl (C=O) groups excluding carboxylic acids is 2. The first-order valence-corrected chi connectivity index (χ1v) is 13.8. The molecule has 1 fully saturated rings. The maximum atomic E-state index is 13.0. The van der Waals surface area contributed by atoms with Crippen molar-refractivity contribution in [2.24, 2.45) is 0 Å². The van der Waals surface area contributed by atoms with Gasteiger partial charge in [0.05, 0.1) is 16.5 Å². The Morgan fingerprint density at radius 1 is 1.09 bits per heavy atom. The molecule has 0 saturated heterocycles. The third-order valence-electron chi connectivity index (χ3n) is 7.57. The fourth-order valence-corrected chi connectivity index (χ4v) is 5.53. The number of aromatic nitrogens is 5. The first-order valence-electron chi connectivity index (χ1n) is 13.8. The summed E-state index contributed by atoms with van der Waals surface area (Å²) in [4.78, 5) is 37.1. The molecule has 0 unspecified atom stereocenters. The number of fused-ring (bicyclic) bond motifs is 1. The number of carbonyl (C=O) groups is 2. The van der Waals surface area contributed by atoms with E-state index in [0.717, 1.165) is 56.9 Å². The van der Waals surface area contributed by atoms with Crippen LogP contribution in [0.4, 0.5) is 24.8 Å². The van der Waals surface area contributed by atoms with E-state index < -0.39 is 17.6 Å². The highest BCUT2D eigenvalue weighted by atomic mass is 19.4. The van der Waals surface area contributed by atoms with Gasteiger partial charge in [0, 0.05) is 23.9 Å². The number of alkyl halides is 3. The number of nitrogen functional groups attached to an aromatic ring is 1. The Morgan fingerprint density at radius 2 is 1.84 bits per heavy atom. The van der Waals surface area contributed by atoms with Crippen LogP contribution in [0, 0.1) is 11.8 Å². The molecular weight excluding hydrogens is 561 g/mol. The third kappa shape index (κ3) is 6.28. The van der Waals surface area contributed by atoms with Gasteiger partial charge in [0.1, 0.15) is 23.7 Å². The van der Waals surface area contributed by atoms with Crippen molar-refractivity contribution >= 4 is 34.5 Å². The summed E-state index contributed by atoms with van der Waals surface area (Å²) < 4.78 is 41.1. The molecule has 1 aromatic carbocycles. The van der Waals surface area contributed by atoms with Gasteiger partial charge in [-0.15, -0.1) is 0 Å². The van der Waals surface area contributed by atoms with Crippen molar-refractivity contribution in [3.8, 4) is 23.1 Å². The van der Waals surface area contributed by atoms with Gasteiger partial charge in [-0.1, -0.05) is 30.9 Å². The molecule has 2 amide bonds. The zero-order chi connectivity index (χ0) is 30.6. The Balaban J connectivity index is 1.41. The highest BCUT2D eigenvalue weighted by molar-refractivity contribution is 6.04. The van der Waals surface area contributed by atoms with Gasteiger partial charge in [-0.25, -0.2) is 19.6 Å². The standard InChI is InChI=1S/C30H29F3N8O2/c1-2-6-23(42)36-15-5-14-29(12-3-4-13-29)41-27-24(26(34)37-18-38-27)25(40-41)19-7-9-20(10-8-19)28(43)39-22-17-21(11-16-35-22)30(31,32)33/h7-11,16-18H,3-5,12-15H2,1H3,(H,36,42)(H2,34,37,38)(H,35,39,43). The molecule has 1 aliphatic rings. The number of rotatable bonds is 8. The fraction of sp³-hybridized carbons (Fsp3) is 0.333. The topological polar surface area (TPSA) is 141 Å². The van der Waals surface area contributed by atoms with Gasteiger partial charge >= 0.3 is 6.18 Å². The summed E-state index contributed by atoms with van der Waals surface area (Å²) >= 11 is 0. The predicted octanol–water partition coefficient (Wildman–Crippen LogP) is 4.93. The summed E-state index contributed by atoms with van der Waals surface area (Å²) in [5.41, 5.74) is 7.13. The molecule has 0 bridgehead atoms. The molecule has 222 valence electrons. The zero-order valence-electron chi connectivity index (χ0n) is 23.3. The average molecular weight is 591 g/mol. The molecule has 1 saturated carbocycles. The Bertz CT molecular complexity index is 1720. The van der Waals surface area contributed by atoms with Crippen LogP contribution in [0.25, 0.3) is 22.3 Å². The smallest absolute Gasteiger partial charge is 0.383 e. The minimum Gasteiger partial charge on any atom is -0.383 e. The summed E-state index contributed by atoms with van der Waals surface area (Å²) in [6, 6.07) is 8.10. The Labute approximate surface area is 245 Å². The molecule has 3 aromatic heterocycles. The molecule has 43 heavy (non-hydrogen) atoms. The van der Waals surface area contributed by atoms with Gasteiger partial charge in [0.25, 0.3) is 11.8 Å². The molecule has 4 N–H and O–H groups in total. The van der Waals surface area contributed by atoms with E-state index in [1.165, 1.54) is 6.33 Å². The van der Waals surface area contributed by atoms with E-state index in [-0.39, 0.29) is 28.6 Å². The van der Waals surface area contributed by atoms with Crippen molar-refractivity contribution in [3.05, 3.63) is 60.0 Å². The van der Waals surface area contributed by atoms with Gasteiger partial charge in [-0.2, -0.15) is 18.3 Å². The number of pyridine rings is 1. The number of nitrogens with one attached hydrogen (secondary N) is 2. The quantitative estimate of drug-likeness (QED) is 0.195. The van der Waals surface area contributed by atoms with E-state index in [1.54, 1.807) is 31.2 Å². The van der Waals surface area contributed by atoms with Crippen molar-refractivity contribution in [2.45, 2.75) is 57.2 Å². The lowest BCUT2D eigenvalue weighted by molar-refractivity contribution is -0.137. The van der Waals surface area contributed by atoms with Crippen LogP contribution in [-0.2, 0) is 16.5 Å². The second kappa shape index (κ2) is 12.1. The highest BCUT2D eigenvalue weighted by Crippen LogP contribution is 2.43. The van der Waals surface area contributed by atoms with Gasteiger partial charge in [0.2, 0.25) is 0 Å². The van der Waals surface area contributed by atoms with Gasteiger partial charge in [-0.05, 0) is 62.8 Å². The van der Waals surface area contributed by atoms with E-state index in [0.29, 0.717) is 28.8 Å². The highest BCUT2D eigenvalue weighted by Gasteiger charge is 2.38. The van der Waals surface area contributed by atoms with Crippen LogP contribution in [0.2, 0.25) is 0 Å². The second-order valence-electron chi connectivity index (χ2n) is 10.3. The number of nitrogens with two attached hydrogens (primary N) is 1. The Kier molecular flexibility index (Phi) is 8.29. The first kappa shape index (κ1) is 29.5. The summed E-state index contributed by atoms with van der Waals surface area (Å²) in [7, 11) is 0. The number of benzene rings is 1. The van der Waals surface area contributed by atoms with Crippen LogP contribution in [0.3, 0.4) is 0 Å². The van der Waals surface area contributed by atoms with Gasteiger partial charge in [-0.3, -0.25) is 9.59 Å². The van der Waals surface area contributed by atoms with E-state index in [9.17, 15) is 22.8 Å². The average Bonchev–Trinajstić information content (AvgIpc) is 3.62. The number of anilines is 2. The van der Waals surface area contributed by atoms with Crippen LogP contribution in [0.15, 0.2) is 48.9 Å². The first-order chi connectivity index (χ1) is 20.6. The van der Waals surface area contributed by atoms with E-state index in [1.807, 2.05) is 4.68 Å². The van der Waals surface area contributed by atoms with Crippen molar-refractivity contribution in [1.82, 2.24) is 30.0 Å². The monoisotopic (exact) mass is 590 g/mol. The lowest BCUT2D eigenvalue weighted by atomic mass is 9.91. The molecule has 4 aromatic rings. The minimum atomic E-state index is -4.56. The van der Waals surface area contributed by atoms with Crippen molar-refractivity contribution < 1.29 is 22.8 Å². The van der Waals surface area contributed by atoms with Crippen molar-refractivity contribution in [3.63, 3.8) is 0 Å². The Hall–Kier alpha value is -4.99. The Morgan fingerprint density at radius 3 is 2.53 bits per heavy atom. The summed E-state index contributed by atoms with van der Waals surface area (Å²) in [6.45, 7) is 2.10. The van der Waals surface area contributed by atoms with E-state index >= 15 is 0 Å². The molecule has 1 aliphatic carbocycles. The lowest BCUT2D eigenvalue weighted by Crippen LogP contribution is -2.33. The van der Waals surface area contributed by atoms with Crippen molar-refractivity contribution in [2.75, 3.05) is 17.6 Å². The van der Waals surface area contributed by atoms with Crippen LogP contribution in [0.5, 0.6) is 0 Å². The molecule has 0 atom stereocenters. The molecule has 10 nitrogen and oxygen atoms in total. The molecule has 5 rings (SSSR count). The summed E-state index contributed by atoms with van der Waals surface area (Å²) in [5, 5.41) is 10.8. The maximum Gasteiger partial charge on any atom is 0.416 e. The molecule has 0 radical (unpaired) electrons. The van der Waals surface area contributed by atoms with Crippen LogP contribution in [-0.4, -0.2) is 43.1 Å². The van der Waals surface area contributed by atoms with Gasteiger partial charge in [0.15, 0.2) is 5.65 Å². The van der Waals surface area contributed by atoms with Crippen LogP contribution >= 0.6 is 0 Å². The normalized spacial score (nSPS) is 14.2. The molecule has 3 heterocycles. The van der Waals surface area contributed by atoms with E-state index in [2.05, 4.69) is 37.4 Å². The predicted molar refractivity (Wildman–Crippen MR) is 154 cm³/mol. The second-order valence-corrected chi connectivity index (χ2v) is 10.3. The molecule has 13 heteroatoms. The number of hydrogen-bond donors (Lipinski definition) is 3. The number of hydrogen-bond acceptors (Lipinski definition) is 7. The minimum absolute atomic E-state index is 0.210. The van der Waals surface area contributed by atoms with Crippen LogP contribution in [0.1, 0.15) is 61.4 Å². The largest absolute Gasteiger partial charge is 0.416 e. The fourth-order valence-electron chi connectivity index (χ4n) is 5.53. The van der Waals surface area contributed by atoms with E-state index in [4.69, 9.17) is 10.8 Å². The van der Waals surface area contributed by atoms with Gasteiger partial charge < -0.3 is 16.4 Å².